The van der Waals surface area contributed by atoms with Crippen LogP contribution in [0.15, 0.2) is 0 Å². The van der Waals surface area contributed by atoms with Gasteiger partial charge in [-0.1, -0.05) is 0 Å². The quantitative estimate of drug-likeness (QED) is 0.683. The molecule has 4 heteroatoms. The summed E-state index contributed by atoms with van der Waals surface area (Å²) in [5, 5.41) is 6.57. The van der Waals surface area contributed by atoms with Crippen molar-refractivity contribution >= 4 is 20.2 Å². The second-order valence-corrected chi connectivity index (χ2v) is 4.95. The van der Waals surface area contributed by atoms with E-state index in [9.17, 15) is 8.78 Å². The SMILES string of the molecule is [CH2]=[Al][C](F)(F)CCC1CCNCC1. The summed E-state index contributed by atoms with van der Waals surface area (Å²) in [6.45, 7) is 1.99. The second kappa shape index (κ2) is 5.19. The van der Waals surface area contributed by atoms with Crippen molar-refractivity contribution in [3.8, 4) is 0 Å². The van der Waals surface area contributed by atoms with Gasteiger partial charge in [0, 0.05) is 0 Å². The van der Waals surface area contributed by atoms with E-state index in [0.717, 1.165) is 25.9 Å². The Morgan fingerprint density at radius 3 is 2.54 bits per heavy atom. The van der Waals surface area contributed by atoms with Crippen molar-refractivity contribution in [3.63, 3.8) is 0 Å². The number of alkyl halides is 2. The summed E-state index contributed by atoms with van der Waals surface area (Å²) < 4.78 is 25.7. The van der Waals surface area contributed by atoms with Gasteiger partial charge in [0.05, 0.1) is 0 Å². The van der Waals surface area contributed by atoms with Crippen LogP contribution in [0.4, 0.5) is 8.78 Å². The molecule has 1 fully saturated rings. The summed E-state index contributed by atoms with van der Waals surface area (Å²) in [6.07, 6.45) is 2.85. The minimum atomic E-state index is -2.45. The van der Waals surface area contributed by atoms with E-state index < -0.39 is 19.6 Å². The van der Waals surface area contributed by atoms with E-state index in [2.05, 4.69) is 10.7 Å². The molecular weight excluding hydrogens is 187 g/mol. The van der Waals surface area contributed by atoms with Gasteiger partial charge in [0.1, 0.15) is 0 Å². The van der Waals surface area contributed by atoms with E-state index in [1.54, 1.807) is 0 Å². The maximum atomic E-state index is 12.9. The molecule has 0 unspecified atom stereocenters. The number of hydrogen-bond acceptors (Lipinski definition) is 1. The zero-order valence-electron chi connectivity index (χ0n) is 7.86. The van der Waals surface area contributed by atoms with Crippen LogP contribution in [0.3, 0.4) is 0 Å². The van der Waals surface area contributed by atoms with Gasteiger partial charge in [-0.15, -0.1) is 0 Å². The average Bonchev–Trinajstić information content (AvgIpc) is 2.17. The van der Waals surface area contributed by atoms with Crippen LogP contribution < -0.4 is 5.32 Å². The summed E-state index contributed by atoms with van der Waals surface area (Å²) >= 11 is -0.949. The van der Waals surface area contributed by atoms with Crippen molar-refractivity contribution in [2.45, 2.75) is 30.5 Å². The van der Waals surface area contributed by atoms with Gasteiger partial charge < -0.3 is 0 Å². The van der Waals surface area contributed by atoms with Gasteiger partial charge in [0.15, 0.2) is 0 Å². The van der Waals surface area contributed by atoms with Crippen LogP contribution in [0.25, 0.3) is 0 Å². The topological polar surface area (TPSA) is 12.0 Å². The molecule has 1 aliphatic heterocycles. The van der Waals surface area contributed by atoms with Gasteiger partial charge >= 0.3 is 83.7 Å². The first-order valence-electron chi connectivity index (χ1n) is 4.86. The van der Waals surface area contributed by atoms with E-state index in [0.29, 0.717) is 12.3 Å². The van der Waals surface area contributed by atoms with Crippen molar-refractivity contribution in [2.24, 2.45) is 5.92 Å². The van der Waals surface area contributed by atoms with Gasteiger partial charge in [-0.05, 0) is 0 Å². The third-order valence-electron chi connectivity index (χ3n) is 2.64. The van der Waals surface area contributed by atoms with Crippen LogP contribution in [-0.4, -0.2) is 38.0 Å². The Kier molecular flexibility index (Phi) is 4.51. The molecule has 1 N–H and O–H groups in total. The van der Waals surface area contributed by atoms with E-state index in [4.69, 9.17) is 0 Å². The summed E-state index contributed by atoms with van der Waals surface area (Å²) in [6, 6.07) is 0. The summed E-state index contributed by atoms with van der Waals surface area (Å²) in [7, 11) is 0. The molecule has 13 heavy (non-hydrogen) atoms. The van der Waals surface area contributed by atoms with Gasteiger partial charge in [0.2, 0.25) is 0 Å². The Labute approximate surface area is 84.2 Å². The minimum absolute atomic E-state index is 0.0521. The molecule has 0 amide bonds. The number of nitrogens with one attached hydrogen (secondary N) is 1. The van der Waals surface area contributed by atoms with E-state index in [1.165, 1.54) is 0 Å². The zero-order chi connectivity index (χ0) is 9.73. The average molecular weight is 203 g/mol. The van der Waals surface area contributed by atoms with Gasteiger partial charge in [-0.25, -0.2) is 0 Å². The van der Waals surface area contributed by atoms with Crippen LogP contribution in [0.1, 0.15) is 25.7 Å². The molecular formula is C9H16AlF2N. The molecule has 1 nitrogen and oxygen atoms in total. The number of halogens is 2. The first kappa shape index (κ1) is 11.3. The van der Waals surface area contributed by atoms with Crippen molar-refractivity contribution in [1.82, 2.24) is 5.32 Å². The summed E-state index contributed by atoms with van der Waals surface area (Å²) in [5.74, 6) is 0.512. The van der Waals surface area contributed by atoms with E-state index in [-0.39, 0.29) is 6.42 Å². The predicted molar refractivity (Wildman–Crippen MR) is 52.6 cm³/mol. The Balaban J connectivity index is 2.20. The van der Waals surface area contributed by atoms with Gasteiger partial charge in [-0.2, -0.15) is 0 Å². The molecule has 1 saturated heterocycles. The normalized spacial score (nSPS) is 19.8. The molecule has 0 bridgehead atoms. The second-order valence-electron chi connectivity index (χ2n) is 3.70. The Bertz CT molecular complexity index is 167. The first-order chi connectivity index (χ1) is 6.14. The molecule has 0 saturated carbocycles. The number of piperidine rings is 1. The van der Waals surface area contributed by atoms with Crippen molar-refractivity contribution < 1.29 is 8.78 Å². The van der Waals surface area contributed by atoms with Gasteiger partial charge in [-0.3, -0.25) is 0 Å². The maximum absolute atomic E-state index is 12.9. The Hall–Kier alpha value is 0.222. The fourth-order valence-electron chi connectivity index (χ4n) is 1.67. The molecule has 0 radical (unpaired) electrons. The molecule has 1 heterocycles. The number of rotatable bonds is 4. The monoisotopic (exact) mass is 203 g/mol. The summed E-state index contributed by atoms with van der Waals surface area (Å²) in [5.41, 5.74) is 0. The Morgan fingerprint density at radius 2 is 2.00 bits per heavy atom. The molecule has 0 spiro atoms. The fourth-order valence-corrected chi connectivity index (χ4v) is 2.04. The van der Waals surface area contributed by atoms with Crippen LogP contribution in [0.2, 0.25) is 0 Å². The van der Waals surface area contributed by atoms with Crippen molar-refractivity contribution in [2.75, 3.05) is 13.1 Å². The van der Waals surface area contributed by atoms with Gasteiger partial charge in [0.25, 0.3) is 0 Å². The molecule has 0 atom stereocenters. The third kappa shape index (κ3) is 4.31. The molecule has 0 aromatic heterocycles. The molecule has 1 aliphatic rings. The molecule has 74 valence electrons. The predicted octanol–water partition coefficient (Wildman–Crippen LogP) is 1.50. The first-order valence-corrected chi connectivity index (χ1v) is 6.25. The third-order valence-corrected chi connectivity index (χ3v) is 3.53. The van der Waals surface area contributed by atoms with Crippen molar-refractivity contribution in [3.05, 3.63) is 0 Å². The van der Waals surface area contributed by atoms with Crippen LogP contribution in [0.5, 0.6) is 0 Å². The standard InChI is InChI=1S/C8H14F2N.CH2.Al/c9-8(10)2-1-7-3-5-11-6-4-7;;/h7,11H,1-6H2;1H2;. The van der Waals surface area contributed by atoms with Crippen LogP contribution >= 0.6 is 0 Å². The van der Waals surface area contributed by atoms with Crippen LogP contribution in [0, 0.1) is 5.92 Å². The van der Waals surface area contributed by atoms with E-state index in [1.807, 2.05) is 0 Å². The Morgan fingerprint density at radius 1 is 1.38 bits per heavy atom. The molecule has 0 aromatic carbocycles. The molecule has 1 rings (SSSR count). The molecule has 0 aliphatic carbocycles. The van der Waals surface area contributed by atoms with E-state index >= 15 is 0 Å². The fraction of sp³-hybridized carbons (Fsp3) is 0.889. The summed E-state index contributed by atoms with van der Waals surface area (Å²) in [4.78, 5) is -2.45. The molecule has 0 aromatic rings. The zero-order valence-corrected chi connectivity index (χ0v) is 9.02. The number of hydrogen-bond donors (Lipinski definition) is 1. The van der Waals surface area contributed by atoms with Crippen molar-refractivity contribution in [1.29, 1.82) is 0 Å². The van der Waals surface area contributed by atoms with Crippen LogP contribution in [-0.2, 0) is 0 Å².